The van der Waals surface area contributed by atoms with Gasteiger partial charge in [0, 0.05) is 25.7 Å². The summed E-state index contributed by atoms with van der Waals surface area (Å²) >= 11 is 0. The second kappa shape index (κ2) is 8.03. The molecule has 0 aromatic carbocycles. The van der Waals surface area contributed by atoms with Crippen LogP contribution in [0, 0.1) is 0 Å². The molecule has 0 spiro atoms. The van der Waals surface area contributed by atoms with Crippen molar-refractivity contribution in [3.05, 3.63) is 0 Å². The Morgan fingerprint density at radius 3 is 2.76 bits per heavy atom. The molecular formula is C13H28N2O2. The normalized spacial score (nSPS) is 24.9. The maximum Gasteiger partial charge on any atom is 0.0897 e. The number of methoxy groups -OCH3 is 1. The van der Waals surface area contributed by atoms with E-state index in [1.54, 1.807) is 7.11 Å². The predicted molar refractivity (Wildman–Crippen MR) is 70.2 cm³/mol. The Bertz CT molecular complexity index is 200. The summed E-state index contributed by atoms with van der Waals surface area (Å²) < 4.78 is 4.92. The van der Waals surface area contributed by atoms with E-state index in [1.807, 2.05) is 0 Å². The molecule has 1 fully saturated rings. The van der Waals surface area contributed by atoms with Crippen LogP contribution in [-0.2, 0) is 4.74 Å². The second-order valence-electron chi connectivity index (χ2n) is 5.27. The Labute approximate surface area is 105 Å². The van der Waals surface area contributed by atoms with Gasteiger partial charge in [-0.1, -0.05) is 0 Å². The molecule has 1 rings (SSSR count). The summed E-state index contributed by atoms with van der Waals surface area (Å²) in [5, 5.41) is 13.0. The van der Waals surface area contributed by atoms with Crippen LogP contribution in [0.5, 0.6) is 0 Å². The molecule has 4 heteroatoms. The minimum absolute atomic E-state index is 0.385. The zero-order chi connectivity index (χ0) is 12.7. The van der Waals surface area contributed by atoms with E-state index in [0.717, 1.165) is 6.54 Å². The van der Waals surface area contributed by atoms with Crippen molar-refractivity contribution >= 4 is 0 Å². The van der Waals surface area contributed by atoms with E-state index in [0.29, 0.717) is 25.2 Å². The van der Waals surface area contributed by atoms with Crippen molar-refractivity contribution in [2.24, 2.45) is 0 Å². The SMILES string of the molecule is COCC(O)CNC1CCCN(C(C)C)CC1. The number of nitrogens with zero attached hydrogens (tertiary/aromatic N) is 1. The molecule has 1 aliphatic heterocycles. The highest BCUT2D eigenvalue weighted by Gasteiger charge is 2.18. The molecule has 0 aromatic heterocycles. The smallest absolute Gasteiger partial charge is 0.0897 e. The Morgan fingerprint density at radius 2 is 2.12 bits per heavy atom. The van der Waals surface area contributed by atoms with E-state index < -0.39 is 0 Å². The van der Waals surface area contributed by atoms with Crippen LogP contribution >= 0.6 is 0 Å². The molecule has 1 saturated heterocycles. The molecule has 1 aliphatic rings. The van der Waals surface area contributed by atoms with Crippen LogP contribution in [0.3, 0.4) is 0 Å². The number of rotatable bonds is 6. The Morgan fingerprint density at radius 1 is 1.35 bits per heavy atom. The standard InChI is InChI=1S/C13H28N2O2/c1-11(2)15-7-4-5-12(6-8-15)14-9-13(16)10-17-3/h11-14,16H,4-10H2,1-3H3. The van der Waals surface area contributed by atoms with Gasteiger partial charge in [0.15, 0.2) is 0 Å². The van der Waals surface area contributed by atoms with Gasteiger partial charge in [0.25, 0.3) is 0 Å². The summed E-state index contributed by atoms with van der Waals surface area (Å²) in [4.78, 5) is 2.53. The quantitative estimate of drug-likeness (QED) is 0.727. The van der Waals surface area contributed by atoms with Crippen molar-refractivity contribution in [3.8, 4) is 0 Å². The molecular weight excluding hydrogens is 216 g/mol. The minimum Gasteiger partial charge on any atom is -0.389 e. The number of ether oxygens (including phenoxy) is 1. The van der Waals surface area contributed by atoms with Gasteiger partial charge in [0.1, 0.15) is 0 Å². The summed E-state index contributed by atoms with van der Waals surface area (Å²) in [6, 6.07) is 1.19. The average Bonchev–Trinajstić information content (AvgIpc) is 2.52. The van der Waals surface area contributed by atoms with Gasteiger partial charge < -0.3 is 20.1 Å². The molecule has 17 heavy (non-hydrogen) atoms. The van der Waals surface area contributed by atoms with E-state index in [-0.39, 0.29) is 6.10 Å². The first-order valence-corrected chi connectivity index (χ1v) is 6.78. The Balaban J connectivity index is 2.22. The second-order valence-corrected chi connectivity index (χ2v) is 5.27. The monoisotopic (exact) mass is 244 g/mol. The summed E-state index contributed by atoms with van der Waals surface area (Å²) in [5.41, 5.74) is 0. The van der Waals surface area contributed by atoms with Gasteiger partial charge in [-0.15, -0.1) is 0 Å². The average molecular weight is 244 g/mol. The molecule has 0 aromatic rings. The number of likely N-dealkylation sites (tertiary alicyclic amines) is 1. The largest absolute Gasteiger partial charge is 0.389 e. The van der Waals surface area contributed by atoms with Crippen molar-refractivity contribution in [1.29, 1.82) is 0 Å². The molecule has 0 radical (unpaired) electrons. The summed E-state index contributed by atoms with van der Waals surface area (Å²) in [6.07, 6.45) is 3.25. The minimum atomic E-state index is -0.385. The van der Waals surface area contributed by atoms with Crippen molar-refractivity contribution in [3.63, 3.8) is 0 Å². The van der Waals surface area contributed by atoms with E-state index in [2.05, 4.69) is 24.1 Å². The van der Waals surface area contributed by atoms with Crippen LogP contribution < -0.4 is 5.32 Å². The van der Waals surface area contributed by atoms with Crippen molar-refractivity contribution < 1.29 is 9.84 Å². The third-order valence-corrected chi connectivity index (χ3v) is 3.49. The van der Waals surface area contributed by atoms with Crippen molar-refractivity contribution in [2.75, 3.05) is 33.4 Å². The predicted octanol–water partition coefficient (Wildman–Crippen LogP) is 0.846. The lowest BCUT2D eigenvalue weighted by atomic mass is 10.1. The van der Waals surface area contributed by atoms with Crippen molar-refractivity contribution in [1.82, 2.24) is 10.2 Å². The number of hydrogen-bond donors (Lipinski definition) is 2. The van der Waals surface area contributed by atoms with Crippen LogP contribution in [0.4, 0.5) is 0 Å². The molecule has 0 saturated carbocycles. The lowest BCUT2D eigenvalue weighted by molar-refractivity contribution is 0.0623. The summed E-state index contributed by atoms with van der Waals surface area (Å²) in [7, 11) is 1.62. The van der Waals surface area contributed by atoms with Gasteiger partial charge >= 0.3 is 0 Å². The fourth-order valence-corrected chi connectivity index (χ4v) is 2.39. The van der Waals surface area contributed by atoms with E-state index in [1.165, 1.54) is 25.8 Å². The van der Waals surface area contributed by atoms with Gasteiger partial charge in [-0.25, -0.2) is 0 Å². The number of hydrogen-bond acceptors (Lipinski definition) is 4. The zero-order valence-corrected chi connectivity index (χ0v) is 11.5. The zero-order valence-electron chi connectivity index (χ0n) is 11.5. The van der Waals surface area contributed by atoms with Gasteiger partial charge in [0.05, 0.1) is 12.7 Å². The first-order valence-electron chi connectivity index (χ1n) is 6.78. The van der Waals surface area contributed by atoms with Gasteiger partial charge in [-0.2, -0.15) is 0 Å². The number of aliphatic hydroxyl groups excluding tert-OH is 1. The highest BCUT2D eigenvalue weighted by Crippen LogP contribution is 2.13. The van der Waals surface area contributed by atoms with Crippen LogP contribution in [0.25, 0.3) is 0 Å². The highest BCUT2D eigenvalue weighted by molar-refractivity contribution is 4.77. The molecule has 2 atom stereocenters. The van der Waals surface area contributed by atoms with E-state index in [4.69, 9.17) is 4.74 Å². The lowest BCUT2D eigenvalue weighted by Crippen LogP contribution is -2.38. The Kier molecular flexibility index (Phi) is 7.04. The molecule has 0 aliphatic carbocycles. The topological polar surface area (TPSA) is 44.7 Å². The van der Waals surface area contributed by atoms with E-state index >= 15 is 0 Å². The van der Waals surface area contributed by atoms with Crippen LogP contribution in [0.1, 0.15) is 33.1 Å². The van der Waals surface area contributed by atoms with Crippen LogP contribution in [0.2, 0.25) is 0 Å². The first kappa shape index (κ1) is 14.9. The first-order chi connectivity index (χ1) is 8.13. The number of nitrogens with one attached hydrogen (secondary N) is 1. The number of aliphatic hydroxyl groups is 1. The molecule has 2 N–H and O–H groups in total. The Hall–Kier alpha value is -0.160. The lowest BCUT2D eigenvalue weighted by Gasteiger charge is -2.24. The molecule has 2 unspecified atom stereocenters. The fraction of sp³-hybridized carbons (Fsp3) is 1.00. The molecule has 0 bridgehead atoms. The van der Waals surface area contributed by atoms with Crippen LogP contribution in [0.15, 0.2) is 0 Å². The molecule has 1 heterocycles. The van der Waals surface area contributed by atoms with Gasteiger partial charge in [-0.3, -0.25) is 0 Å². The maximum absolute atomic E-state index is 9.59. The molecule has 102 valence electrons. The van der Waals surface area contributed by atoms with Gasteiger partial charge in [0.2, 0.25) is 0 Å². The molecule has 4 nitrogen and oxygen atoms in total. The van der Waals surface area contributed by atoms with Crippen molar-refractivity contribution in [2.45, 2.75) is 51.3 Å². The summed E-state index contributed by atoms with van der Waals surface area (Å²) in [6.45, 7) is 7.94. The third-order valence-electron chi connectivity index (χ3n) is 3.49. The molecule has 0 amide bonds. The maximum atomic E-state index is 9.59. The fourth-order valence-electron chi connectivity index (χ4n) is 2.39. The highest BCUT2D eigenvalue weighted by atomic mass is 16.5. The van der Waals surface area contributed by atoms with E-state index in [9.17, 15) is 5.11 Å². The van der Waals surface area contributed by atoms with Crippen LogP contribution in [-0.4, -0.2) is 61.5 Å². The van der Waals surface area contributed by atoms with Gasteiger partial charge in [-0.05, 0) is 46.2 Å². The summed E-state index contributed by atoms with van der Waals surface area (Å²) in [5.74, 6) is 0. The third kappa shape index (κ3) is 5.82.